The number of benzene rings is 1. The molecule has 3 nitrogen and oxygen atoms in total. The fourth-order valence-corrected chi connectivity index (χ4v) is 3.08. The van der Waals surface area contributed by atoms with Crippen LogP contribution >= 0.6 is 0 Å². The highest BCUT2D eigenvalue weighted by molar-refractivity contribution is 5.40. The van der Waals surface area contributed by atoms with Gasteiger partial charge in [-0.1, -0.05) is 12.1 Å². The molecule has 0 aromatic heterocycles. The average Bonchev–Trinajstić information content (AvgIpc) is 2.41. The molecular weight excluding hydrogens is 246 g/mol. The maximum Gasteiger partial charge on any atom is 0.0316 e. The van der Waals surface area contributed by atoms with Crippen molar-refractivity contribution in [3.63, 3.8) is 0 Å². The van der Waals surface area contributed by atoms with E-state index in [1.807, 2.05) is 12.1 Å². The molecule has 3 heteroatoms. The monoisotopic (exact) mass is 275 g/mol. The van der Waals surface area contributed by atoms with E-state index >= 15 is 0 Å². The van der Waals surface area contributed by atoms with Crippen molar-refractivity contribution in [3.8, 4) is 0 Å². The van der Waals surface area contributed by atoms with Crippen molar-refractivity contribution in [2.45, 2.75) is 25.7 Å². The van der Waals surface area contributed by atoms with Crippen molar-refractivity contribution in [1.82, 2.24) is 9.80 Å². The van der Waals surface area contributed by atoms with Crippen LogP contribution in [0.3, 0.4) is 0 Å². The summed E-state index contributed by atoms with van der Waals surface area (Å²) < 4.78 is 0. The van der Waals surface area contributed by atoms with Gasteiger partial charge in [0.1, 0.15) is 0 Å². The number of nitrogens with zero attached hydrogens (tertiary/aromatic N) is 2. The van der Waals surface area contributed by atoms with E-state index in [0.29, 0.717) is 0 Å². The summed E-state index contributed by atoms with van der Waals surface area (Å²) >= 11 is 0. The Bertz CT molecular complexity index is 397. The first-order valence-corrected chi connectivity index (χ1v) is 7.85. The van der Waals surface area contributed by atoms with Crippen LogP contribution < -0.4 is 5.73 Å². The van der Waals surface area contributed by atoms with E-state index in [1.54, 1.807) is 0 Å². The standard InChI is InChI=1S/C17H29N3/c1-19-11-8-16(9-12-19)14-20(2)10-4-6-15-5-3-7-17(18)13-15/h3,5,7,13,16H,4,6,8-12,14,18H2,1-2H3. The predicted octanol–water partition coefficient (Wildman–Crippen LogP) is 2.47. The lowest BCUT2D eigenvalue weighted by Gasteiger charge is -2.31. The molecule has 2 rings (SSSR count). The summed E-state index contributed by atoms with van der Waals surface area (Å²) in [5.74, 6) is 0.892. The maximum absolute atomic E-state index is 5.81. The quantitative estimate of drug-likeness (QED) is 0.810. The first-order chi connectivity index (χ1) is 9.63. The predicted molar refractivity (Wildman–Crippen MR) is 86.9 cm³/mol. The zero-order chi connectivity index (χ0) is 14.4. The summed E-state index contributed by atoms with van der Waals surface area (Å²) in [6.45, 7) is 4.97. The number of piperidine rings is 1. The van der Waals surface area contributed by atoms with E-state index < -0.39 is 0 Å². The van der Waals surface area contributed by atoms with E-state index in [4.69, 9.17) is 5.73 Å². The van der Waals surface area contributed by atoms with Crippen LogP contribution in [-0.2, 0) is 6.42 Å². The summed E-state index contributed by atoms with van der Waals surface area (Å²) in [6, 6.07) is 8.27. The number of rotatable bonds is 6. The number of nitrogens with two attached hydrogens (primary N) is 1. The molecule has 1 aromatic carbocycles. The molecule has 0 spiro atoms. The highest BCUT2D eigenvalue weighted by Crippen LogP contribution is 2.17. The minimum absolute atomic E-state index is 0.877. The molecule has 0 bridgehead atoms. The Labute approximate surface area is 123 Å². The molecule has 1 fully saturated rings. The SMILES string of the molecule is CN1CCC(CN(C)CCCc2cccc(N)c2)CC1. The summed E-state index contributed by atoms with van der Waals surface area (Å²) in [6.07, 6.45) is 5.06. The van der Waals surface area contributed by atoms with Crippen molar-refractivity contribution in [2.24, 2.45) is 5.92 Å². The summed E-state index contributed by atoms with van der Waals surface area (Å²) in [5, 5.41) is 0. The zero-order valence-electron chi connectivity index (χ0n) is 13.0. The molecule has 1 aliphatic rings. The molecular formula is C17H29N3. The van der Waals surface area contributed by atoms with Crippen LogP contribution in [0.5, 0.6) is 0 Å². The normalized spacial score (nSPS) is 17.8. The Kier molecular flexibility index (Phi) is 5.86. The molecule has 112 valence electrons. The Morgan fingerprint density at radius 2 is 2.05 bits per heavy atom. The van der Waals surface area contributed by atoms with E-state index in [2.05, 4.69) is 36.0 Å². The van der Waals surface area contributed by atoms with Crippen molar-refractivity contribution in [2.75, 3.05) is 46.0 Å². The number of hydrogen-bond acceptors (Lipinski definition) is 3. The topological polar surface area (TPSA) is 32.5 Å². The Morgan fingerprint density at radius 3 is 2.75 bits per heavy atom. The fraction of sp³-hybridized carbons (Fsp3) is 0.647. The molecule has 0 atom stereocenters. The molecule has 0 unspecified atom stereocenters. The van der Waals surface area contributed by atoms with Gasteiger partial charge in [-0.25, -0.2) is 0 Å². The second kappa shape index (κ2) is 7.65. The van der Waals surface area contributed by atoms with Gasteiger partial charge in [0, 0.05) is 12.2 Å². The van der Waals surface area contributed by atoms with Gasteiger partial charge in [-0.05, 0) is 83.0 Å². The molecule has 20 heavy (non-hydrogen) atoms. The van der Waals surface area contributed by atoms with Gasteiger partial charge in [-0.3, -0.25) is 0 Å². The third-order valence-corrected chi connectivity index (χ3v) is 4.36. The van der Waals surface area contributed by atoms with E-state index in [1.165, 1.54) is 51.0 Å². The van der Waals surface area contributed by atoms with E-state index in [0.717, 1.165) is 18.0 Å². The van der Waals surface area contributed by atoms with E-state index in [-0.39, 0.29) is 0 Å². The van der Waals surface area contributed by atoms with Crippen LogP contribution in [-0.4, -0.2) is 50.1 Å². The molecule has 0 amide bonds. The van der Waals surface area contributed by atoms with Gasteiger partial charge in [0.15, 0.2) is 0 Å². The summed E-state index contributed by atoms with van der Waals surface area (Å²) in [5.41, 5.74) is 8.05. The molecule has 2 N–H and O–H groups in total. The lowest BCUT2D eigenvalue weighted by Crippen LogP contribution is -2.36. The second-order valence-electron chi connectivity index (χ2n) is 6.36. The number of hydrogen-bond donors (Lipinski definition) is 1. The van der Waals surface area contributed by atoms with Gasteiger partial charge in [0.25, 0.3) is 0 Å². The Balaban J connectivity index is 1.64. The summed E-state index contributed by atoms with van der Waals surface area (Å²) in [7, 11) is 4.49. The molecule has 0 saturated carbocycles. The van der Waals surface area contributed by atoms with Gasteiger partial charge in [-0.2, -0.15) is 0 Å². The van der Waals surface area contributed by atoms with Crippen LogP contribution in [0.1, 0.15) is 24.8 Å². The minimum Gasteiger partial charge on any atom is -0.399 e. The van der Waals surface area contributed by atoms with E-state index in [9.17, 15) is 0 Å². The van der Waals surface area contributed by atoms with Gasteiger partial charge in [0.2, 0.25) is 0 Å². The highest BCUT2D eigenvalue weighted by Gasteiger charge is 2.17. The van der Waals surface area contributed by atoms with Gasteiger partial charge < -0.3 is 15.5 Å². The molecule has 1 aliphatic heterocycles. The highest BCUT2D eigenvalue weighted by atomic mass is 15.1. The molecule has 1 heterocycles. The average molecular weight is 275 g/mol. The van der Waals surface area contributed by atoms with Crippen molar-refractivity contribution < 1.29 is 0 Å². The third kappa shape index (κ3) is 5.14. The lowest BCUT2D eigenvalue weighted by molar-refractivity contribution is 0.175. The second-order valence-corrected chi connectivity index (χ2v) is 6.36. The van der Waals surface area contributed by atoms with Crippen LogP contribution in [0.15, 0.2) is 24.3 Å². The van der Waals surface area contributed by atoms with Crippen LogP contribution in [0.2, 0.25) is 0 Å². The van der Waals surface area contributed by atoms with Gasteiger partial charge in [0.05, 0.1) is 0 Å². The number of nitrogen functional groups attached to an aromatic ring is 1. The molecule has 1 aromatic rings. The smallest absolute Gasteiger partial charge is 0.0316 e. The van der Waals surface area contributed by atoms with Crippen LogP contribution in [0.4, 0.5) is 5.69 Å². The van der Waals surface area contributed by atoms with Crippen LogP contribution in [0.25, 0.3) is 0 Å². The largest absolute Gasteiger partial charge is 0.399 e. The van der Waals surface area contributed by atoms with Crippen LogP contribution in [0, 0.1) is 5.92 Å². The van der Waals surface area contributed by atoms with Gasteiger partial charge >= 0.3 is 0 Å². The van der Waals surface area contributed by atoms with Crippen molar-refractivity contribution in [1.29, 1.82) is 0 Å². The van der Waals surface area contributed by atoms with Crippen molar-refractivity contribution >= 4 is 5.69 Å². The minimum atomic E-state index is 0.877. The number of aryl methyl sites for hydroxylation is 1. The fourth-order valence-electron chi connectivity index (χ4n) is 3.08. The maximum atomic E-state index is 5.81. The molecule has 0 aliphatic carbocycles. The Morgan fingerprint density at radius 1 is 1.30 bits per heavy atom. The summed E-state index contributed by atoms with van der Waals surface area (Å²) in [4.78, 5) is 4.94. The number of anilines is 1. The molecule has 0 radical (unpaired) electrons. The lowest BCUT2D eigenvalue weighted by atomic mass is 9.96. The third-order valence-electron chi connectivity index (χ3n) is 4.36. The first kappa shape index (κ1) is 15.3. The molecule has 1 saturated heterocycles. The zero-order valence-corrected chi connectivity index (χ0v) is 13.0. The Hall–Kier alpha value is -1.06. The first-order valence-electron chi connectivity index (χ1n) is 7.85. The number of likely N-dealkylation sites (tertiary alicyclic amines) is 1. The van der Waals surface area contributed by atoms with Crippen molar-refractivity contribution in [3.05, 3.63) is 29.8 Å². The van der Waals surface area contributed by atoms with Gasteiger partial charge in [-0.15, -0.1) is 0 Å².